The first kappa shape index (κ1) is 31.3. The van der Waals surface area contributed by atoms with E-state index in [0.717, 1.165) is 19.3 Å². The van der Waals surface area contributed by atoms with Crippen LogP contribution in [0.4, 0.5) is 5.95 Å². The summed E-state index contributed by atoms with van der Waals surface area (Å²) in [5.41, 5.74) is 11.5. The molecule has 11 heteroatoms. The number of carbonyl (C=O) groups is 2. The lowest BCUT2D eigenvalue weighted by Crippen LogP contribution is -2.38. The van der Waals surface area contributed by atoms with Crippen molar-refractivity contribution >= 4 is 29.1 Å². The van der Waals surface area contributed by atoms with Crippen LogP contribution in [0.15, 0.2) is 4.79 Å². The number of hydrogen-bond acceptors (Lipinski definition) is 9. The summed E-state index contributed by atoms with van der Waals surface area (Å²) in [5.74, 6) is -0.493. The third kappa shape index (κ3) is 11.2. The van der Waals surface area contributed by atoms with Gasteiger partial charge in [-0.2, -0.15) is 4.98 Å². The number of hydrogen-bond donors (Lipinski definition) is 4. The number of ether oxygens (including phenoxy) is 2. The molecule has 0 aliphatic heterocycles. The number of H-pyrrole nitrogens is 2. The molecule has 0 aliphatic rings. The third-order valence-electron chi connectivity index (χ3n) is 6.64. The summed E-state index contributed by atoms with van der Waals surface area (Å²) in [4.78, 5) is 50.4. The second kappa shape index (κ2) is 16.8. The Morgan fingerprint density at radius 2 is 1.61 bits per heavy atom. The quantitative estimate of drug-likeness (QED) is 0.154. The average Bonchev–Trinajstić information content (AvgIpc) is 3.28. The van der Waals surface area contributed by atoms with E-state index in [-0.39, 0.29) is 48.1 Å². The predicted octanol–water partition coefficient (Wildman–Crippen LogP) is 3.77. The maximum atomic E-state index is 12.3. The predicted molar refractivity (Wildman–Crippen MR) is 147 cm³/mol. The van der Waals surface area contributed by atoms with Crippen molar-refractivity contribution in [2.24, 2.45) is 17.6 Å². The van der Waals surface area contributed by atoms with Crippen molar-refractivity contribution in [1.29, 1.82) is 0 Å². The van der Waals surface area contributed by atoms with Gasteiger partial charge >= 0.3 is 11.9 Å². The first-order chi connectivity index (χ1) is 18.2. The lowest BCUT2D eigenvalue weighted by molar-refractivity contribution is -0.149. The summed E-state index contributed by atoms with van der Waals surface area (Å²) in [5, 5.41) is 0. The van der Waals surface area contributed by atoms with Gasteiger partial charge < -0.3 is 25.9 Å². The number of unbranched alkanes of at least 4 members (excludes halogenated alkanes) is 8. The number of imidazole rings is 1. The molecule has 6 N–H and O–H groups in total. The van der Waals surface area contributed by atoms with Crippen LogP contribution in [0.5, 0.6) is 0 Å². The Hall–Kier alpha value is -2.95. The molecule has 0 saturated heterocycles. The van der Waals surface area contributed by atoms with Crippen LogP contribution >= 0.6 is 0 Å². The zero-order valence-electron chi connectivity index (χ0n) is 23.2. The molecule has 2 aromatic rings. The highest BCUT2D eigenvalue weighted by atomic mass is 16.5. The van der Waals surface area contributed by atoms with Crippen molar-refractivity contribution < 1.29 is 19.1 Å². The molecule has 2 heterocycles. The number of nitrogens with one attached hydrogen (secondary N) is 2. The van der Waals surface area contributed by atoms with E-state index >= 15 is 0 Å². The lowest BCUT2D eigenvalue weighted by atomic mass is 10.0. The summed E-state index contributed by atoms with van der Waals surface area (Å²) < 4.78 is 10.9. The highest BCUT2D eigenvalue weighted by Crippen LogP contribution is 2.16. The Morgan fingerprint density at radius 3 is 2.26 bits per heavy atom. The molecule has 0 aliphatic carbocycles. The monoisotopic (exact) mass is 534 g/mol. The van der Waals surface area contributed by atoms with Crippen LogP contribution in [-0.4, -0.2) is 51.1 Å². The van der Waals surface area contributed by atoms with Crippen LogP contribution in [0.1, 0.15) is 97.2 Å². The van der Waals surface area contributed by atoms with Crippen molar-refractivity contribution in [3.8, 4) is 0 Å². The Morgan fingerprint density at radius 1 is 0.947 bits per heavy atom. The van der Waals surface area contributed by atoms with E-state index in [1.807, 2.05) is 13.8 Å². The summed E-state index contributed by atoms with van der Waals surface area (Å²) >= 11 is 0. The van der Waals surface area contributed by atoms with E-state index in [1.54, 1.807) is 0 Å². The van der Waals surface area contributed by atoms with Crippen LogP contribution < -0.4 is 17.0 Å². The maximum absolute atomic E-state index is 12.3. The van der Waals surface area contributed by atoms with E-state index in [2.05, 4.69) is 26.9 Å². The Balaban J connectivity index is 1.82. The number of aromatic nitrogens is 4. The fraction of sp³-hybridized carbons (Fsp3) is 0.741. The summed E-state index contributed by atoms with van der Waals surface area (Å²) in [7, 11) is 0. The van der Waals surface area contributed by atoms with E-state index in [1.165, 1.54) is 38.5 Å². The second-order valence-corrected chi connectivity index (χ2v) is 10.4. The van der Waals surface area contributed by atoms with Gasteiger partial charge in [0.25, 0.3) is 5.56 Å². The topological polar surface area (TPSA) is 179 Å². The summed E-state index contributed by atoms with van der Waals surface area (Å²) in [6.45, 7) is 6.19. The Labute approximate surface area is 224 Å². The number of nitrogens with two attached hydrogens (primary N) is 2. The molecule has 2 rings (SSSR count). The molecule has 1 unspecified atom stereocenters. The molecule has 0 fully saturated rings. The van der Waals surface area contributed by atoms with Gasteiger partial charge in [0.1, 0.15) is 11.9 Å². The molecule has 0 saturated carbocycles. The third-order valence-corrected chi connectivity index (χ3v) is 6.64. The summed E-state index contributed by atoms with van der Waals surface area (Å²) in [6, 6.07) is -0.721. The van der Waals surface area contributed by atoms with Crippen molar-refractivity contribution in [2.75, 3.05) is 18.9 Å². The lowest BCUT2D eigenvalue weighted by Gasteiger charge is -2.19. The smallest absolute Gasteiger partial charge is 0.323 e. The molecule has 2 aromatic heterocycles. The molecule has 0 amide bonds. The second-order valence-electron chi connectivity index (χ2n) is 10.4. The highest BCUT2D eigenvalue weighted by Gasteiger charge is 2.22. The van der Waals surface area contributed by atoms with Gasteiger partial charge in [-0.05, 0) is 18.8 Å². The Bertz CT molecular complexity index is 1050. The minimum atomic E-state index is -0.721. The van der Waals surface area contributed by atoms with Gasteiger partial charge in [0.2, 0.25) is 5.95 Å². The van der Waals surface area contributed by atoms with Crippen molar-refractivity contribution in [3.05, 3.63) is 16.2 Å². The SMILES string of the molecule is CCCCCCCCCCCC(=O)OCCC(COC(=O)[C@@H](N)C(C)C)Cc1nc2nc(N)[nH]c(=O)c2[nH]1. The van der Waals surface area contributed by atoms with Crippen LogP contribution in [0, 0.1) is 11.8 Å². The van der Waals surface area contributed by atoms with Crippen molar-refractivity contribution in [1.82, 2.24) is 19.9 Å². The van der Waals surface area contributed by atoms with E-state index in [0.29, 0.717) is 25.1 Å². The normalized spacial score (nSPS) is 13.1. The first-order valence-electron chi connectivity index (χ1n) is 14.0. The van der Waals surface area contributed by atoms with Gasteiger partial charge in [-0.1, -0.05) is 72.1 Å². The molecule has 0 bridgehead atoms. The fourth-order valence-corrected chi connectivity index (χ4v) is 4.15. The number of anilines is 1. The fourth-order valence-electron chi connectivity index (χ4n) is 4.15. The van der Waals surface area contributed by atoms with Crippen LogP contribution in [0.3, 0.4) is 0 Å². The standard InChI is InChI=1S/C27H46N6O5/c1-4-5-6-7-8-9-10-11-12-13-21(34)37-15-14-19(17-38-26(36)22(28)18(2)3)16-20-30-23-24(31-20)32-27(29)33-25(23)35/h18-19,22H,4-17,28H2,1-3H3,(H4,29,30,31,32,33,35)/t19?,22-/m0/s1. The molecule has 0 aromatic carbocycles. The van der Waals surface area contributed by atoms with Gasteiger partial charge in [0.05, 0.1) is 13.2 Å². The molecule has 2 atom stereocenters. The minimum Gasteiger partial charge on any atom is -0.466 e. The molecule has 11 nitrogen and oxygen atoms in total. The average molecular weight is 535 g/mol. The number of aromatic amines is 2. The molecular formula is C27H46N6O5. The van der Waals surface area contributed by atoms with Crippen LogP contribution in [0.2, 0.25) is 0 Å². The van der Waals surface area contributed by atoms with Gasteiger partial charge in [0.15, 0.2) is 11.2 Å². The largest absolute Gasteiger partial charge is 0.466 e. The molecule has 0 radical (unpaired) electrons. The van der Waals surface area contributed by atoms with Crippen LogP contribution in [-0.2, 0) is 25.5 Å². The number of nitrogen functional groups attached to an aromatic ring is 1. The number of fused-ring (bicyclic) bond motifs is 1. The molecule has 0 spiro atoms. The van der Waals surface area contributed by atoms with E-state index in [4.69, 9.17) is 20.9 Å². The molecular weight excluding hydrogens is 488 g/mol. The van der Waals surface area contributed by atoms with Crippen molar-refractivity contribution in [3.63, 3.8) is 0 Å². The minimum absolute atomic E-state index is 0.0208. The number of rotatable bonds is 19. The van der Waals surface area contributed by atoms with E-state index in [9.17, 15) is 14.4 Å². The van der Waals surface area contributed by atoms with Gasteiger partial charge in [-0.25, -0.2) is 4.98 Å². The van der Waals surface area contributed by atoms with E-state index < -0.39 is 17.6 Å². The Kier molecular flexibility index (Phi) is 13.8. The molecule has 38 heavy (non-hydrogen) atoms. The maximum Gasteiger partial charge on any atom is 0.323 e. The number of nitrogens with zero attached hydrogens (tertiary/aromatic N) is 2. The van der Waals surface area contributed by atoms with Crippen molar-refractivity contribution in [2.45, 2.75) is 104 Å². The zero-order chi connectivity index (χ0) is 27.9. The first-order valence-corrected chi connectivity index (χ1v) is 14.0. The number of esters is 2. The highest BCUT2D eigenvalue weighted by molar-refractivity contribution is 5.75. The zero-order valence-corrected chi connectivity index (χ0v) is 23.2. The van der Waals surface area contributed by atoms with Gasteiger partial charge in [-0.15, -0.1) is 0 Å². The summed E-state index contributed by atoms with van der Waals surface area (Å²) in [6.07, 6.45) is 11.9. The van der Waals surface area contributed by atoms with Crippen LogP contribution in [0.25, 0.3) is 11.2 Å². The molecule has 214 valence electrons. The van der Waals surface area contributed by atoms with Gasteiger partial charge in [-0.3, -0.25) is 19.4 Å². The number of carbonyl (C=O) groups excluding carboxylic acids is 2. The van der Waals surface area contributed by atoms with Gasteiger partial charge in [0, 0.05) is 18.8 Å².